The van der Waals surface area contributed by atoms with Crippen LogP contribution in [0.3, 0.4) is 0 Å². The van der Waals surface area contributed by atoms with Gasteiger partial charge in [-0.15, -0.1) is 0 Å². The number of hydrogen-bond donors (Lipinski definition) is 1. The molecular weight excluding hydrogens is 172 g/mol. The van der Waals surface area contributed by atoms with Gasteiger partial charge in [-0.1, -0.05) is 6.92 Å². The predicted octanol–water partition coefficient (Wildman–Crippen LogP) is 0.280. The topological polar surface area (TPSA) is 63.6 Å². The Morgan fingerprint density at radius 2 is 2.38 bits per heavy atom. The maximum absolute atomic E-state index is 11.3. The van der Waals surface area contributed by atoms with E-state index in [2.05, 4.69) is 0 Å². The highest BCUT2D eigenvalue weighted by molar-refractivity contribution is 5.94. The molecule has 0 bridgehead atoms. The smallest absolute Gasteiger partial charge is 0.338 e. The van der Waals surface area contributed by atoms with E-state index in [1.54, 1.807) is 13.8 Å². The summed E-state index contributed by atoms with van der Waals surface area (Å²) in [6.07, 6.45) is 0.447. The van der Waals surface area contributed by atoms with Crippen LogP contribution in [0.1, 0.15) is 26.7 Å². The van der Waals surface area contributed by atoms with E-state index in [9.17, 15) is 14.7 Å². The van der Waals surface area contributed by atoms with Gasteiger partial charge in [0.25, 0.3) is 0 Å². The minimum atomic E-state index is -1.58. The number of esters is 1. The SMILES string of the molecule is CCOC(=O)[C@]1(O)CCC(=O)[C@H]1C. The third kappa shape index (κ3) is 1.58. The molecule has 74 valence electrons. The summed E-state index contributed by atoms with van der Waals surface area (Å²) in [5.74, 6) is -1.38. The van der Waals surface area contributed by atoms with E-state index in [-0.39, 0.29) is 25.2 Å². The molecule has 0 aromatic heterocycles. The Bertz CT molecular complexity index is 236. The molecule has 2 atom stereocenters. The molecule has 1 aliphatic carbocycles. The Kier molecular flexibility index (Phi) is 2.71. The van der Waals surface area contributed by atoms with Gasteiger partial charge in [0.15, 0.2) is 5.60 Å². The van der Waals surface area contributed by atoms with Crippen molar-refractivity contribution in [3.8, 4) is 0 Å². The predicted molar refractivity (Wildman–Crippen MR) is 45.0 cm³/mol. The fourth-order valence-corrected chi connectivity index (χ4v) is 1.55. The van der Waals surface area contributed by atoms with Crippen LogP contribution in [0.15, 0.2) is 0 Å². The molecule has 1 aliphatic rings. The molecule has 4 heteroatoms. The van der Waals surface area contributed by atoms with Crippen LogP contribution < -0.4 is 0 Å². The van der Waals surface area contributed by atoms with Gasteiger partial charge in [-0.3, -0.25) is 4.79 Å². The van der Waals surface area contributed by atoms with Crippen molar-refractivity contribution in [2.75, 3.05) is 6.61 Å². The summed E-state index contributed by atoms with van der Waals surface area (Å²) in [6, 6.07) is 0. The number of Topliss-reactive ketones (excluding diaryl/α,β-unsaturated/α-hetero) is 1. The lowest BCUT2D eigenvalue weighted by Crippen LogP contribution is -2.43. The molecule has 0 aromatic carbocycles. The van der Waals surface area contributed by atoms with Crippen molar-refractivity contribution in [3.05, 3.63) is 0 Å². The van der Waals surface area contributed by atoms with Crippen molar-refractivity contribution in [3.63, 3.8) is 0 Å². The average Bonchev–Trinajstić information content (AvgIpc) is 2.35. The third-order valence-corrected chi connectivity index (χ3v) is 2.58. The number of rotatable bonds is 2. The zero-order valence-corrected chi connectivity index (χ0v) is 7.87. The second-order valence-electron chi connectivity index (χ2n) is 3.33. The molecule has 0 aliphatic heterocycles. The van der Waals surface area contributed by atoms with Gasteiger partial charge in [0.2, 0.25) is 0 Å². The zero-order valence-electron chi connectivity index (χ0n) is 7.87. The van der Waals surface area contributed by atoms with Crippen molar-refractivity contribution < 1.29 is 19.4 Å². The number of ketones is 1. The summed E-state index contributed by atoms with van der Waals surface area (Å²) in [7, 11) is 0. The van der Waals surface area contributed by atoms with Gasteiger partial charge in [-0.25, -0.2) is 4.79 Å². The van der Waals surface area contributed by atoms with Crippen molar-refractivity contribution in [2.24, 2.45) is 5.92 Å². The van der Waals surface area contributed by atoms with Gasteiger partial charge in [0.1, 0.15) is 5.78 Å². The molecular formula is C9H14O4. The maximum atomic E-state index is 11.3. The highest BCUT2D eigenvalue weighted by Gasteiger charge is 2.50. The first-order valence-corrected chi connectivity index (χ1v) is 4.44. The van der Waals surface area contributed by atoms with Gasteiger partial charge >= 0.3 is 5.97 Å². The second-order valence-corrected chi connectivity index (χ2v) is 3.33. The minimum absolute atomic E-state index is 0.0736. The van der Waals surface area contributed by atoms with Crippen LogP contribution in [-0.2, 0) is 14.3 Å². The summed E-state index contributed by atoms with van der Waals surface area (Å²) in [5.41, 5.74) is -1.58. The van der Waals surface area contributed by atoms with E-state index in [0.717, 1.165) is 0 Å². The van der Waals surface area contributed by atoms with Gasteiger partial charge in [-0.05, 0) is 13.3 Å². The van der Waals surface area contributed by atoms with Crippen molar-refractivity contribution in [2.45, 2.75) is 32.3 Å². The van der Waals surface area contributed by atoms with Crippen molar-refractivity contribution in [1.82, 2.24) is 0 Å². The van der Waals surface area contributed by atoms with Crippen LogP contribution in [0, 0.1) is 5.92 Å². The summed E-state index contributed by atoms with van der Waals surface area (Å²) in [6.45, 7) is 3.46. The van der Waals surface area contributed by atoms with Crippen LogP contribution in [0.4, 0.5) is 0 Å². The van der Waals surface area contributed by atoms with E-state index in [1.165, 1.54) is 0 Å². The standard InChI is InChI=1S/C9H14O4/c1-3-13-8(11)9(12)5-4-7(10)6(9)2/h6,12H,3-5H2,1-2H3/t6-,9+/m1/s1. The molecule has 0 spiro atoms. The lowest BCUT2D eigenvalue weighted by molar-refractivity contribution is -0.169. The van der Waals surface area contributed by atoms with E-state index in [0.29, 0.717) is 0 Å². The van der Waals surface area contributed by atoms with Gasteiger partial charge < -0.3 is 9.84 Å². The largest absolute Gasteiger partial charge is 0.464 e. The molecule has 0 radical (unpaired) electrons. The number of carbonyl (C=O) groups is 2. The maximum Gasteiger partial charge on any atom is 0.338 e. The minimum Gasteiger partial charge on any atom is -0.464 e. The molecule has 0 saturated heterocycles. The first-order chi connectivity index (χ1) is 6.02. The fourth-order valence-electron chi connectivity index (χ4n) is 1.55. The highest BCUT2D eigenvalue weighted by atomic mass is 16.5. The number of ether oxygens (including phenoxy) is 1. The lowest BCUT2D eigenvalue weighted by atomic mass is 9.92. The van der Waals surface area contributed by atoms with E-state index in [1.807, 2.05) is 0 Å². The molecule has 1 fully saturated rings. The normalized spacial score (nSPS) is 33.5. The highest BCUT2D eigenvalue weighted by Crippen LogP contribution is 2.33. The summed E-state index contributed by atoms with van der Waals surface area (Å²) < 4.78 is 4.71. The first kappa shape index (κ1) is 10.2. The molecule has 4 nitrogen and oxygen atoms in total. The zero-order chi connectivity index (χ0) is 10.1. The Morgan fingerprint density at radius 3 is 2.77 bits per heavy atom. The van der Waals surface area contributed by atoms with Gasteiger partial charge in [0.05, 0.1) is 12.5 Å². The summed E-state index contributed by atoms with van der Waals surface area (Å²) in [4.78, 5) is 22.4. The molecule has 0 heterocycles. The van der Waals surface area contributed by atoms with Crippen molar-refractivity contribution >= 4 is 11.8 Å². The van der Waals surface area contributed by atoms with Gasteiger partial charge in [-0.2, -0.15) is 0 Å². The molecule has 1 rings (SSSR count). The summed E-state index contributed by atoms with van der Waals surface area (Å²) >= 11 is 0. The Balaban J connectivity index is 2.76. The van der Waals surface area contributed by atoms with Crippen LogP contribution in [0.5, 0.6) is 0 Å². The van der Waals surface area contributed by atoms with Crippen LogP contribution in [-0.4, -0.2) is 29.1 Å². The van der Waals surface area contributed by atoms with E-state index < -0.39 is 17.5 Å². The van der Waals surface area contributed by atoms with Crippen LogP contribution in [0.2, 0.25) is 0 Å². The monoisotopic (exact) mass is 186 g/mol. The lowest BCUT2D eigenvalue weighted by Gasteiger charge is -2.23. The molecule has 0 unspecified atom stereocenters. The molecule has 1 N–H and O–H groups in total. The molecule has 0 amide bonds. The molecule has 0 aromatic rings. The Hall–Kier alpha value is -0.900. The molecule has 13 heavy (non-hydrogen) atoms. The number of hydrogen-bond acceptors (Lipinski definition) is 4. The van der Waals surface area contributed by atoms with Crippen molar-refractivity contribution in [1.29, 1.82) is 0 Å². The summed E-state index contributed by atoms with van der Waals surface area (Å²) in [5, 5.41) is 9.83. The number of carbonyl (C=O) groups excluding carboxylic acids is 2. The quantitative estimate of drug-likeness (QED) is 0.629. The second kappa shape index (κ2) is 3.46. The fraction of sp³-hybridized carbons (Fsp3) is 0.778. The van der Waals surface area contributed by atoms with E-state index in [4.69, 9.17) is 4.74 Å². The Morgan fingerprint density at radius 1 is 1.77 bits per heavy atom. The van der Waals surface area contributed by atoms with E-state index >= 15 is 0 Å². The molecule has 1 saturated carbocycles. The van der Waals surface area contributed by atoms with Crippen LogP contribution >= 0.6 is 0 Å². The Labute approximate surface area is 76.9 Å². The number of aliphatic hydroxyl groups is 1. The van der Waals surface area contributed by atoms with Crippen LogP contribution in [0.25, 0.3) is 0 Å². The average molecular weight is 186 g/mol. The van der Waals surface area contributed by atoms with Gasteiger partial charge in [0, 0.05) is 6.42 Å². The first-order valence-electron chi connectivity index (χ1n) is 4.44. The third-order valence-electron chi connectivity index (χ3n) is 2.58.